The molecule has 0 spiro atoms. The van der Waals surface area contributed by atoms with Crippen molar-refractivity contribution in [3.05, 3.63) is 59.7 Å². The minimum absolute atomic E-state index is 0.0515. The molecule has 0 saturated heterocycles. The summed E-state index contributed by atoms with van der Waals surface area (Å²) in [5.74, 6) is 0.768. The SMILES string of the molecule is Cc1ccc([C@H]2Cn3nnc(-c4noc(-c5ccoc5)n4)c3CO2)cc1. The largest absolute Gasteiger partial charge is 0.472 e. The maximum Gasteiger partial charge on any atom is 0.261 e. The lowest BCUT2D eigenvalue weighted by Gasteiger charge is -2.24. The van der Waals surface area contributed by atoms with Crippen LogP contribution in [0.5, 0.6) is 0 Å². The summed E-state index contributed by atoms with van der Waals surface area (Å²) >= 11 is 0. The second kappa shape index (κ2) is 5.92. The number of aromatic nitrogens is 5. The molecule has 0 radical (unpaired) electrons. The molecule has 0 bridgehead atoms. The molecule has 0 unspecified atom stereocenters. The molecule has 26 heavy (non-hydrogen) atoms. The summed E-state index contributed by atoms with van der Waals surface area (Å²) in [4.78, 5) is 4.38. The fourth-order valence-electron chi connectivity index (χ4n) is 2.99. The fraction of sp³-hybridized carbons (Fsp3) is 0.222. The molecule has 8 heteroatoms. The number of ether oxygens (including phenoxy) is 1. The molecule has 5 rings (SSSR count). The van der Waals surface area contributed by atoms with Gasteiger partial charge in [0.2, 0.25) is 5.82 Å². The first kappa shape index (κ1) is 15.0. The van der Waals surface area contributed by atoms with Crippen LogP contribution in [0.15, 0.2) is 51.8 Å². The highest BCUT2D eigenvalue weighted by atomic mass is 16.5. The first-order chi connectivity index (χ1) is 12.8. The van der Waals surface area contributed by atoms with Crippen LogP contribution >= 0.6 is 0 Å². The van der Waals surface area contributed by atoms with E-state index in [2.05, 4.69) is 51.6 Å². The second-order valence-electron chi connectivity index (χ2n) is 6.21. The highest BCUT2D eigenvalue weighted by Crippen LogP contribution is 2.30. The van der Waals surface area contributed by atoms with Gasteiger partial charge in [0, 0.05) is 0 Å². The van der Waals surface area contributed by atoms with Gasteiger partial charge in [-0.15, -0.1) is 5.10 Å². The third kappa shape index (κ3) is 2.51. The van der Waals surface area contributed by atoms with Gasteiger partial charge in [-0.1, -0.05) is 40.2 Å². The predicted molar refractivity (Wildman–Crippen MR) is 89.7 cm³/mol. The van der Waals surface area contributed by atoms with Crippen molar-refractivity contribution in [3.8, 4) is 23.0 Å². The monoisotopic (exact) mass is 349 g/mol. The van der Waals surface area contributed by atoms with Crippen LogP contribution in [0, 0.1) is 6.92 Å². The fourth-order valence-corrected chi connectivity index (χ4v) is 2.99. The van der Waals surface area contributed by atoms with E-state index in [9.17, 15) is 0 Å². The molecule has 1 aliphatic rings. The van der Waals surface area contributed by atoms with E-state index in [1.807, 2.05) is 4.68 Å². The molecular weight excluding hydrogens is 334 g/mol. The predicted octanol–water partition coefficient (Wildman–Crippen LogP) is 3.17. The van der Waals surface area contributed by atoms with E-state index in [1.165, 1.54) is 5.56 Å². The molecule has 1 aliphatic heterocycles. The average Bonchev–Trinajstić information content (AvgIpc) is 3.41. The van der Waals surface area contributed by atoms with Crippen molar-refractivity contribution in [2.75, 3.05) is 0 Å². The second-order valence-corrected chi connectivity index (χ2v) is 6.21. The summed E-state index contributed by atoms with van der Waals surface area (Å²) in [6.45, 7) is 3.05. The van der Waals surface area contributed by atoms with Crippen LogP contribution in [0.4, 0.5) is 0 Å². The molecule has 0 amide bonds. The van der Waals surface area contributed by atoms with Gasteiger partial charge in [0.05, 0.1) is 30.7 Å². The molecule has 0 fully saturated rings. The standard InChI is InChI=1S/C18H15N5O3/c1-11-2-4-12(5-3-11)15-8-23-14(10-25-15)16(20-22-23)17-19-18(26-21-17)13-6-7-24-9-13/h2-7,9,15H,8,10H2,1H3/t15-/m1/s1. The first-order valence-electron chi connectivity index (χ1n) is 8.25. The third-order valence-electron chi connectivity index (χ3n) is 4.45. The van der Waals surface area contributed by atoms with Crippen molar-refractivity contribution in [2.45, 2.75) is 26.2 Å². The lowest BCUT2D eigenvalue weighted by molar-refractivity contribution is -0.00112. The maximum absolute atomic E-state index is 6.03. The molecule has 0 N–H and O–H groups in total. The van der Waals surface area contributed by atoms with Crippen LogP contribution in [0.25, 0.3) is 23.0 Å². The van der Waals surface area contributed by atoms with Gasteiger partial charge in [-0.2, -0.15) is 4.98 Å². The van der Waals surface area contributed by atoms with E-state index >= 15 is 0 Å². The lowest BCUT2D eigenvalue weighted by atomic mass is 10.1. The Balaban J connectivity index is 1.42. The number of furan rings is 1. The summed E-state index contributed by atoms with van der Waals surface area (Å²) in [6, 6.07) is 10.1. The van der Waals surface area contributed by atoms with Crippen molar-refractivity contribution < 1.29 is 13.7 Å². The van der Waals surface area contributed by atoms with Gasteiger partial charge in [0.1, 0.15) is 12.4 Å². The Kier molecular flexibility index (Phi) is 3.42. The van der Waals surface area contributed by atoms with E-state index in [0.29, 0.717) is 30.6 Å². The molecule has 1 aromatic carbocycles. The molecule has 130 valence electrons. The number of rotatable bonds is 3. The van der Waals surface area contributed by atoms with Crippen molar-refractivity contribution in [1.82, 2.24) is 25.1 Å². The first-order valence-corrected chi connectivity index (χ1v) is 8.25. The summed E-state index contributed by atoms with van der Waals surface area (Å²) in [6.07, 6.45) is 3.05. The molecule has 4 heterocycles. The van der Waals surface area contributed by atoms with Crippen LogP contribution in [0.3, 0.4) is 0 Å². The van der Waals surface area contributed by atoms with Gasteiger partial charge in [0.15, 0.2) is 5.69 Å². The Bertz CT molecular complexity index is 1030. The minimum Gasteiger partial charge on any atom is -0.472 e. The van der Waals surface area contributed by atoms with Crippen molar-refractivity contribution in [3.63, 3.8) is 0 Å². The zero-order valence-corrected chi connectivity index (χ0v) is 14.0. The highest BCUT2D eigenvalue weighted by molar-refractivity contribution is 5.57. The highest BCUT2D eigenvalue weighted by Gasteiger charge is 2.27. The Morgan fingerprint density at radius 1 is 1.15 bits per heavy atom. The van der Waals surface area contributed by atoms with Gasteiger partial charge in [-0.25, -0.2) is 4.68 Å². The summed E-state index contributed by atoms with van der Waals surface area (Å²) < 4.78 is 18.2. The van der Waals surface area contributed by atoms with Gasteiger partial charge >= 0.3 is 0 Å². The molecular formula is C18H15N5O3. The Labute approximate surface area is 148 Å². The van der Waals surface area contributed by atoms with E-state index in [4.69, 9.17) is 13.7 Å². The van der Waals surface area contributed by atoms with Crippen molar-refractivity contribution in [2.24, 2.45) is 0 Å². The molecule has 0 saturated carbocycles. The minimum atomic E-state index is -0.0515. The molecule has 4 aromatic rings. The smallest absolute Gasteiger partial charge is 0.261 e. The summed E-state index contributed by atoms with van der Waals surface area (Å²) in [5, 5.41) is 12.5. The van der Waals surface area contributed by atoms with Crippen molar-refractivity contribution in [1.29, 1.82) is 0 Å². The molecule has 8 nitrogen and oxygen atoms in total. The Hall–Kier alpha value is -3.26. The van der Waals surface area contributed by atoms with E-state index in [-0.39, 0.29) is 6.10 Å². The van der Waals surface area contributed by atoms with Gasteiger partial charge < -0.3 is 13.7 Å². The summed E-state index contributed by atoms with van der Waals surface area (Å²) in [5.41, 5.74) is 4.48. The summed E-state index contributed by atoms with van der Waals surface area (Å²) in [7, 11) is 0. The van der Waals surface area contributed by atoms with E-state index < -0.39 is 0 Å². The van der Waals surface area contributed by atoms with Crippen LogP contribution in [-0.4, -0.2) is 25.1 Å². The number of hydrogen-bond acceptors (Lipinski definition) is 7. The number of benzene rings is 1. The molecule has 3 aromatic heterocycles. The maximum atomic E-state index is 6.03. The van der Waals surface area contributed by atoms with Crippen LogP contribution in [-0.2, 0) is 17.9 Å². The van der Waals surface area contributed by atoms with E-state index in [0.717, 1.165) is 16.8 Å². The number of hydrogen-bond donors (Lipinski definition) is 0. The van der Waals surface area contributed by atoms with E-state index in [1.54, 1.807) is 18.6 Å². The topological polar surface area (TPSA) is 92.0 Å². The lowest BCUT2D eigenvalue weighted by Crippen LogP contribution is -2.22. The normalized spacial score (nSPS) is 16.6. The average molecular weight is 349 g/mol. The number of aryl methyl sites for hydroxylation is 1. The van der Waals surface area contributed by atoms with Gasteiger partial charge in [-0.05, 0) is 18.6 Å². The third-order valence-corrected chi connectivity index (χ3v) is 4.45. The quantitative estimate of drug-likeness (QED) is 0.561. The van der Waals surface area contributed by atoms with Gasteiger partial charge in [-0.3, -0.25) is 0 Å². The Morgan fingerprint density at radius 3 is 2.85 bits per heavy atom. The Morgan fingerprint density at radius 2 is 2.04 bits per heavy atom. The number of fused-ring (bicyclic) bond motifs is 1. The molecule has 1 atom stereocenters. The molecule has 0 aliphatic carbocycles. The zero-order chi connectivity index (χ0) is 17.5. The van der Waals surface area contributed by atoms with Crippen molar-refractivity contribution >= 4 is 0 Å². The van der Waals surface area contributed by atoms with Crippen LogP contribution < -0.4 is 0 Å². The number of nitrogens with zero attached hydrogens (tertiary/aromatic N) is 5. The zero-order valence-electron chi connectivity index (χ0n) is 14.0. The van der Waals surface area contributed by atoms with Crippen LogP contribution in [0.1, 0.15) is 22.9 Å². The van der Waals surface area contributed by atoms with Gasteiger partial charge in [0.25, 0.3) is 5.89 Å². The van der Waals surface area contributed by atoms with Crippen LogP contribution in [0.2, 0.25) is 0 Å².